The van der Waals surface area contributed by atoms with Gasteiger partial charge in [0.1, 0.15) is 0 Å². The van der Waals surface area contributed by atoms with E-state index in [0.29, 0.717) is 10.0 Å². The summed E-state index contributed by atoms with van der Waals surface area (Å²) in [5, 5.41) is 1.93. The van der Waals surface area contributed by atoms with Gasteiger partial charge in [0.15, 0.2) is 0 Å². The summed E-state index contributed by atoms with van der Waals surface area (Å²) < 4.78 is 0. The zero-order valence-corrected chi connectivity index (χ0v) is 14.1. The van der Waals surface area contributed by atoms with E-state index in [-0.39, 0.29) is 4.83 Å². The van der Waals surface area contributed by atoms with Gasteiger partial charge in [-0.15, -0.1) is 0 Å². The zero-order chi connectivity index (χ0) is 14.0. The third-order valence-corrected chi connectivity index (χ3v) is 4.76. The molecule has 0 fully saturated rings. The van der Waals surface area contributed by atoms with Crippen molar-refractivity contribution in [3.63, 3.8) is 0 Å². The van der Waals surface area contributed by atoms with Crippen molar-refractivity contribution in [2.45, 2.75) is 18.2 Å². The highest BCUT2D eigenvalue weighted by molar-refractivity contribution is 9.09. The van der Waals surface area contributed by atoms with E-state index in [0.717, 1.165) is 17.0 Å². The SMILES string of the molecule is Cc1cc(Cl)ccc1C(Br)Cc1ccc(Cl)c(Cl)c1. The summed E-state index contributed by atoms with van der Waals surface area (Å²) in [5.41, 5.74) is 3.55. The Bertz CT molecular complexity index is 596. The number of aryl methyl sites for hydroxylation is 1. The van der Waals surface area contributed by atoms with Crippen molar-refractivity contribution in [3.8, 4) is 0 Å². The third kappa shape index (κ3) is 3.88. The molecule has 1 atom stereocenters. The minimum absolute atomic E-state index is 0.224. The molecule has 19 heavy (non-hydrogen) atoms. The first-order valence-electron chi connectivity index (χ1n) is 5.81. The standard InChI is InChI=1S/C15H12BrCl3/c1-9-6-11(17)3-4-12(9)13(16)7-10-2-5-14(18)15(19)8-10/h2-6,8,13H,7H2,1H3. The Hall–Kier alpha value is -0.210. The van der Waals surface area contributed by atoms with Crippen LogP contribution in [-0.4, -0.2) is 0 Å². The largest absolute Gasteiger partial charge is 0.0843 e. The van der Waals surface area contributed by atoms with Gasteiger partial charge in [0, 0.05) is 9.85 Å². The Morgan fingerprint density at radius 2 is 1.74 bits per heavy atom. The van der Waals surface area contributed by atoms with E-state index in [9.17, 15) is 0 Å². The number of hydrogen-bond donors (Lipinski definition) is 0. The molecule has 0 heterocycles. The molecule has 0 radical (unpaired) electrons. The first-order chi connectivity index (χ1) is 8.97. The molecule has 0 aliphatic rings. The van der Waals surface area contributed by atoms with Crippen LogP contribution in [0.15, 0.2) is 36.4 Å². The van der Waals surface area contributed by atoms with Gasteiger partial charge in [-0.3, -0.25) is 0 Å². The highest BCUT2D eigenvalue weighted by Crippen LogP contribution is 2.32. The van der Waals surface area contributed by atoms with Crippen molar-refractivity contribution >= 4 is 50.7 Å². The predicted molar refractivity (Wildman–Crippen MR) is 88.0 cm³/mol. The highest BCUT2D eigenvalue weighted by Gasteiger charge is 2.12. The van der Waals surface area contributed by atoms with Gasteiger partial charge in [-0.2, -0.15) is 0 Å². The zero-order valence-electron chi connectivity index (χ0n) is 10.3. The molecule has 0 saturated carbocycles. The maximum Gasteiger partial charge on any atom is 0.0595 e. The molecular formula is C15H12BrCl3. The van der Waals surface area contributed by atoms with Crippen molar-refractivity contribution in [2.75, 3.05) is 0 Å². The molecule has 0 saturated heterocycles. The van der Waals surface area contributed by atoms with Crippen LogP contribution in [0.2, 0.25) is 15.1 Å². The van der Waals surface area contributed by atoms with Crippen LogP contribution < -0.4 is 0 Å². The highest BCUT2D eigenvalue weighted by atomic mass is 79.9. The molecule has 2 rings (SSSR count). The molecule has 4 heteroatoms. The molecule has 0 nitrogen and oxygen atoms in total. The van der Waals surface area contributed by atoms with E-state index < -0.39 is 0 Å². The molecule has 0 spiro atoms. The van der Waals surface area contributed by atoms with Gasteiger partial charge in [0.2, 0.25) is 0 Å². The summed E-state index contributed by atoms with van der Waals surface area (Å²) in [7, 11) is 0. The number of alkyl halides is 1. The van der Waals surface area contributed by atoms with Crippen molar-refractivity contribution in [3.05, 3.63) is 68.2 Å². The van der Waals surface area contributed by atoms with Crippen molar-refractivity contribution in [1.29, 1.82) is 0 Å². The second-order valence-corrected chi connectivity index (χ2v) is 6.78. The van der Waals surface area contributed by atoms with Gasteiger partial charge in [0.25, 0.3) is 0 Å². The number of rotatable bonds is 3. The van der Waals surface area contributed by atoms with E-state index in [1.165, 1.54) is 11.1 Å². The lowest BCUT2D eigenvalue weighted by Gasteiger charge is -2.14. The fourth-order valence-electron chi connectivity index (χ4n) is 1.97. The van der Waals surface area contributed by atoms with Crippen LogP contribution in [0.4, 0.5) is 0 Å². The van der Waals surface area contributed by atoms with E-state index in [2.05, 4.69) is 28.9 Å². The fourth-order valence-corrected chi connectivity index (χ4v) is 3.41. The maximum atomic E-state index is 6.03. The van der Waals surface area contributed by atoms with Gasteiger partial charge in [-0.1, -0.05) is 62.9 Å². The maximum absolute atomic E-state index is 6.03. The van der Waals surface area contributed by atoms with Crippen molar-refractivity contribution in [2.24, 2.45) is 0 Å². The minimum atomic E-state index is 0.224. The second-order valence-electron chi connectivity index (χ2n) is 4.42. The summed E-state index contributed by atoms with van der Waals surface area (Å²) in [6, 6.07) is 11.7. The summed E-state index contributed by atoms with van der Waals surface area (Å²) in [6.45, 7) is 2.06. The Labute approximate surface area is 136 Å². The van der Waals surface area contributed by atoms with Crippen LogP contribution in [0.25, 0.3) is 0 Å². The topological polar surface area (TPSA) is 0 Å². The van der Waals surface area contributed by atoms with Crippen LogP contribution in [0.3, 0.4) is 0 Å². The van der Waals surface area contributed by atoms with Gasteiger partial charge in [-0.25, -0.2) is 0 Å². The number of halogens is 4. The quantitative estimate of drug-likeness (QED) is 0.526. The molecule has 0 aromatic heterocycles. The lowest BCUT2D eigenvalue weighted by molar-refractivity contribution is 0.938. The van der Waals surface area contributed by atoms with E-state index in [1.807, 2.05) is 30.3 Å². The Balaban J connectivity index is 2.20. The van der Waals surface area contributed by atoms with Gasteiger partial charge >= 0.3 is 0 Å². The van der Waals surface area contributed by atoms with Crippen LogP contribution in [0, 0.1) is 6.92 Å². The second kappa shape index (κ2) is 6.49. The molecule has 0 bridgehead atoms. The molecule has 1 unspecified atom stereocenters. The van der Waals surface area contributed by atoms with Gasteiger partial charge in [-0.05, 0) is 54.3 Å². The van der Waals surface area contributed by atoms with Crippen molar-refractivity contribution in [1.82, 2.24) is 0 Å². The van der Waals surface area contributed by atoms with Crippen molar-refractivity contribution < 1.29 is 0 Å². The summed E-state index contributed by atoms with van der Waals surface area (Å²) in [6.07, 6.45) is 0.847. The molecular weight excluding hydrogens is 366 g/mol. The fraction of sp³-hybridized carbons (Fsp3) is 0.200. The minimum Gasteiger partial charge on any atom is -0.0843 e. The van der Waals surface area contributed by atoms with Gasteiger partial charge < -0.3 is 0 Å². The summed E-state index contributed by atoms with van der Waals surface area (Å²) in [5.74, 6) is 0. The lowest BCUT2D eigenvalue weighted by Crippen LogP contribution is -1.98. The number of benzene rings is 2. The molecule has 2 aromatic rings. The normalized spacial score (nSPS) is 12.5. The summed E-state index contributed by atoms with van der Waals surface area (Å²) >= 11 is 21.6. The lowest BCUT2D eigenvalue weighted by atomic mass is 10.0. The average Bonchev–Trinajstić information content (AvgIpc) is 2.33. The molecule has 0 aliphatic carbocycles. The van der Waals surface area contributed by atoms with E-state index in [4.69, 9.17) is 34.8 Å². The molecule has 100 valence electrons. The average molecular weight is 379 g/mol. The predicted octanol–water partition coefficient (Wildman–Crippen LogP) is 6.63. The smallest absolute Gasteiger partial charge is 0.0595 e. The third-order valence-electron chi connectivity index (χ3n) is 2.97. The Kier molecular flexibility index (Phi) is 5.19. The van der Waals surface area contributed by atoms with Crippen LogP contribution in [-0.2, 0) is 6.42 Å². The van der Waals surface area contributed by atoms with E-state index in [1.54, 1.807) is 0 Å². The van der Waals surface area contributed by atoms with Crippen LogP contribution in [0.1, 0.15) is 21.5 Å². The Morgan fingerprint density at radius 1 is 1.00 bits per heavy atom. The molecule has 0 N–H and O–H groups in total. The first kappa shape index (κ1) is 15.2. The molecule has 0 amide bonds. The molecule has 2 aromatic carbocycles. The first-order valence-corrected chi connectivity index (χ1v) is 7.86. The summed E-state index contributed by atoms with van der Waals surface area (Å²) in [4.78, 5) is 0.224. The molecule has 0 aliphatic heterocycles. The van der Waals surface area contributed by atoms with Gasteiger partial charge in [0.05, 0.1) is 10.0 Å². The van der Waals surface area contributed by atoms with Crippen LogP contribution >= 0.6 is 50.7 Å². The number of hydrogen-bond acceptors (Lipinski definition) is 0. The van der Waals surface area contributed by atoms with Crippen LogP contribution in [0.5, 0.6) is 0 Å². The Morgan fingerprint density at radius 3 is 2.37 bits per heavy atom. The van der Waals surface area contributed by atoms with E-state index >= 15 is 0 Å². The monoisotopic (exact) mass is 376 g/mol.